The number of alkyl halides is 2. The highest BCUT2D eigenvalue weighted by Gasteiger charge is 2.36. The van der Waals surface area contributed by atoms with Gasteiger partial charge in [0.15, 0.2) is 0 Å². The van der Waals surface area contributed by atoms with E-state index in [9.17, 15) is 13.6 Å². The molecule has 3 nitrogen and oxygen atoms in total. The van der Waals surface area contributed by atoms with Crippen molar-refractivity contribution >= 4 is 5.91 Å². The normalized spacial score (nSPS) is 18.6. The number of rotatable bonds is 5. The van der Waals surface area contributed by atoms with E-state index in [1.165, 1.54) is 0 Å². The number of hydrogen-bond acceptors (Lipinski definition) is 2. The second-order valence-corrected chi connectivity index (χ2v) is 5.51. The van der Waals surface area contributed by atoms with Crippen molar-refractivity contribution in [2.45, 2.75) is 51.1 Å². The molecular formula is C16H21F2NO2. The molecule has 0 heterocycles. The summed E-state index contributed by atoms with van der Waals surface area (Å²) in [6.07, 6.45) is 0.494. The molecule has 1 aromatic carbocycles. The molecule has 0 atom stereocenters. The van der Waals surface area contributed by atoms with Crippen LogP contribution in [0.15, 0.2) is 18.2 Å². The van der Waals surface area contributed by atoms with Crippen LogP contribution in [-0.2, 0) is 11.3 Å². The predicted molar refractivity (Wildman–Crippen MR) is 76.4 cm³/mol. The van der Waals surface area contributed by atoms with Crippen LogP contribution in [0.1, 0.15) is 60.0 Å². The number of amides is 1. The van der Waals surface area contributed by atoms with E-state index >= 15 is 0 Å². The van der Waals surface area contributed by atoms with Crippen molar-refractivity contribution in [3.05, 3.63) is 34.9 Å². The number of nitrogens with two attached hydrogens (primary N) is 1. The first-order valence-electron chi connectivity index (χ1n) is 7.32. The van der Waals surface area contributed by atoms with Crippen LogP contribution in [0.5, 0.6) is 0 Å². The molecule has 1 fully saturated rings. The predicted octanol–water partition coefficient (Wildman–Crippen LogP) is 3.61. The molecule has 5 heteroatoms. The van der Waals surface area contributed by atoms with Gasteiger partial charge in [0.1, 0.15) is 0 Å². The van der Waals surface area contributed by atoms with Gasteiger partial charge in [-0.05, 0) is 36.8 Å². The second-order valence-electron chi connectivity index (χ2n) is 5.51. The first-order valence-corrected chi connectivity index (χ1v) is 7.32. The van der Waals surface area contributed by atoms with Crippen molar-refractivity contribution in [3.63, 3.8) is 0 Å². The first-order chi connectivity index (χ1) is 9.94. The van der Waals surface area contributed by atoms with Gasteiger partial charge in [-0.25, -0.2) is 8.78 Å². The molecule has 1 saturated carbocycles. The third-order valence-corrected chi connectivity index (χ3v) is 4.05. The summed E-state index contributed by atoms with van der Waals surface area (Å²) in [5.74, 6) is -3.13. The van der Waals surface area contributed by atoms with E-state index in [0.717, 1.165) is 11.1 Å². The van der Waals surface area contributed by atoms with Crippen LogP contribution in [0, 0.1) is 0 Å². The van der Waals surface area contributed by atoms with Gasteiger partial charge in [0.25, 0.3) is 0 Å². The molecule has 116 valence electrons. The van der Waals surface area contributed by atoms with Crippen LogP contribution < -0.4 is 5.73 Å². The molecule has 0 bridgehead atoms. The number of halogens is 2. The zero-order valence-electron chi connectivity index (χ0n) is 12.2. The van der Waals surface area contributed by atoms with E-state index in [-0.39, 0.29) is 18.8 Å². The minimum absolute atomic E-state index is 0.0336. The number of carbonyl (C=O) groups is 1. The molecule has 2 N–H and O–H groups in total. The van der Waals surface area contributed by atoms with Crippen molar-refractivity contribution in [1.82, 2.24) is 0 Å². The summed E-state index contributed by atoms with van der Waals surface area (Å²) in [4.78, 5) is 11.8. The molecule has 1 aliphatic carbocycles. The fraction of sp³-hybridized carbons (Fsp3) is 0.562. The molecule has 0 aromatic heterocycles. The second kappa shape index (κ2) is 6.52. The maximum atomic E-state index is 13.3. The largest absolute Gasteiger partial charge is 0.377 e. The van der Waals surface area contributed by atoms with Crippen LogP contribution >= 0.6 is 0 Å². The molecule has 1 aromatic rings. The number of ether oxygens (including phenoxy) is 1. The monoisotopic (exact) mass is 297 g/mol. The van der Waals surface area contributed by atoms with E-state index < -0.39 is 11.8 Å². The summed E-state index contributed by atoms with van der Waals surface area (Å²) in [7, 11) is 0. The van der Waals surface area contributed by atoms with Gasteiger partial charge < -0.3 is 10.5 Å². The Hall–Kier alpha value is -1.49. The zero-order chi connectivity index (χ0) is 15.5. The fourth-order valence-electron chi connectivity index (χ4n) is 2.94. The minimum Gasteiger partial charge on any atom is -0.377 e. The minimum atomic E-state index is -2.58. The number of benzene rings is 1. The van der Waals surface area contributed by atoms with Gasteiger partial charge in [0.2, 0.25) is 11.8 Å². The van der Waals surface area contributed by atoms with E-state index in [0.29, 0.717) is 31.6 Å². The van der Waals surface area contributed by atoms with Crippen molar-refractivity contribution in [2.75, 3.05) is 6.61 Å². The number of primary amides is 1. The Labute approximate surface area is 123 Å². The highest BCUT2D eigenvalue weighted by molar-refractivity contribution is 5.96. The van der Waals surface area contributed by atoms with Gasteiger partial charge in [0, 0.05) is 25.0 Å². The maximum Gasteiger partial charge on any atom is 0.249 e. The van der Waals surface area contributed by atoms with Crippen molar-refractivity contribution < 1.29 is 18.3 Å². The number of carbonyl (C=O) groups excluding carboxylic acids is 1. The Morgan fingerprint density at radius 1 is 1.38 bits per heavy atom. The van der Waals surface area contributed by atoms with Crippen LogP contribution in [0.2, 0.25) is 0 Å². The van der Waals surface area contributed by atoms with Crippen LogP contribution in [0.4, 0.5) is 8.78 Å². The van der Waals surface area contributed by atoms with Gasteiger partial charge >= 0.3 is 0 Å². The summed E-state index contributed by atoms with van der Waals surface area (Å²) in [6.45, 7) is 2.72. The molecular weight excluding hydrogens is 276 g/mol. The highest BCUT2D eigenvalue weighted by atomic mass is 19.3. The molecule has 1 amide bonds. The molecule has 0 unspecified atom stereocenters. The van der Waals surface area contributed by atoms with Gasteiger partial charge in [-0.15, -0.1) is 0 Å². The third-order valence-electron chi connectivity index (χ3n) is 4.05. The van der Waals surface area contributed by atoms with Crippen LogP contribution in [0.3, 0.4) is 0 Å². The van der Waals surface area contributed by atoms with Gasteiger partial charge in [0.05, 0.1) is 6.61 Å². The summed E-state index contributed by atoms with van der Waals surface area (Å²) in [6, 6.07) is 5.46. The first kappa shape index (κ1) is 15.9. The van der Waals surface area contributed by atoms with Crippen molar-refractivity contribution in [2.24, 2.45) is 5.73 Å². The Bertz CT molecular complexity index is 507. The third kappa shape index (κ3) is 3.79. The molecule has 21 heavy (non-hydrogen) atoms. The van der Waals surface area contributed by atoms with Crippen LogP contribution in [0.25, 0.3) is 0 Å². The zero-order valence-corrected chi connectivity index (χ0v) is 12.2. The maximum absolute atomic E-state index is 13.3. The smallest absolute Gasteiger partial charge is 0.249 e. The number of hydrogen-bond donors (Lipinski definition) is 1. The molecule has 2 rings (SSSR count). The van der Waals surface area contributed by atoms with E-state index in [2.05, 4.69) is 0 Å². The lowest BCUT2D eigenvalue weighted by Gasteiger charge is -2.29. The van der Waals surface area contributed by atoms with Crippen molar-refractivity contribution in [3.8, 4) is 0 Å². The Morgan fingerprint density at radius 2 is 2.05 bits per heavy atom. The van der Waals surface area contributed by atoms with E-state index in [1.54, 1.807) is 6.07 Å². The molecule has 1 aliphatic rings. The summed E-state index contributed by atoms with van der Waals surface area (Å²) in [5, 5.41) is 0. The van der Waals surface area contributed by atoms with Crippen LogP contribution in [-0.4, -0.2) is 18.4 Å². The van der Waals surface area contributed by atoms with Crippen molar-refractivity contribution in [1.29, 1.82) is 0 Å². The van der Waals surface area contributed by atoms with Gasteiger partial charge in [-0.2, -0.15) is 0 Å². The summed E-state index contributed by atoms with van der Waals surface area (Å²) in [5.41, 5.74) is 7.47. The molecule has 0 radical (unpaired) electrons. The van der Waals surface area contributed by atoms with Gasteiger partial charge in [-0.3, -0.25) is 4.79 Å². The molecule has 0 saturated heterocycles. The van der Waals surface area contributed by atoms with E-state index in [1.807, 2.05) is 19.1 Å². The lowest BCUT2D eigenvalue weighted by molar-refractivity contribution is -0.0382. The molecule has 0 spiro atoms. The summed E-state index contributed by atoms with van der Waals surface area (Å²) >= 11 is 0. The lowest BCUT2D eigenvalue weighted by atomic mass is 9.79. The van der Waals surface area contributed by atoms with E-state index in [4.69, 9.17) is 10.5 Å². The Kier molecular flexibility index (Phi) is 4.93. The Balaban J connectivity index is 2.28. The topological polar surface area (TPSA) is 52.3 Å². The molecule has 0 aliphatic heterocycles. The quantitative estimate of drug-likeness (QED) is 0.902. The Morgan fingerprint density at radius 3 is 2.62 bits per heavy atom. The lowest BCUT2D eigenvalue weighted by Crippen LogP contribution is -2.26. The highest BCUT2D eigenvalue weighted by Crippen LogP contribution is 2.42. The summed E-state index contributed by atoms with van der Waals surface area (Å²) < 4.78 is 31.9. The standard InChI is InChI=1S/C16H21F2NO2/c1-2-21-10-12-4-3-5-13(14(12)15(19)20)11-6-8-16(17,18)9-7-11/h3-5,11H,2,6-10H2,1H3,(H2,19,20). The van der Waals surface area contributed by atoms with Gasteiger partial charge in [-0.1, -0.05) is 18.2 Å². The average Bonchev–Trinajstić information content (AvgIpc) is 2.44. The fourth-order valence-corrected chi connectivity index (χ4v) is 2.94. The average molecular weight is 297 g/mol. The SMILES string of the molecule is CCOCc1cccc(C2CCC(F)(F)CC2)c1C(N)=O.